The van der Waals surface area contributed by atoms with Crippen molar-refractivity contribution in [2.24, 2.45) is 17.6 Å². The number of amides is 7. The van der Waals surface area contributed by atoms with Gasteiger partial charge in [-0.1, -0.05) is 123 Å². The van der Waals surface area contributed by atoms with Crippen LogP contribution in [0.4, 0.5) is 8.78 Å². The van der Waals surface area contributed by atoms with E-state index in [4.69, 9.17) is 5.73 Å². The summed E-state index contributed by atoms with van der Waals surface area (Å²) in [6, 6.07) is 30.0. The number of rotatable bonds is 23. The van der Waals surface area contributed by atoms with Gasteiger partial charge in [-0.15, -0.1) is 0 Å². The van der Waals surface area contributed by atoms with Gasteiger partial charge in [-0.25, -0.2) is 8.78 Å². The maximum Gasteiger partial charge on any atom is 0.251 e. The van der Waals surface area contributed by atoms with Crippen molar-refractivity contribution in [3.8, 4) is 11.1 Å². The second kappa shape index (κ2) is 28.0. The first kappa shape index (κ1) is 60.5. The molecule has 4 aromatic rings. The molecule has 2 aliphatic heterocycles. The predicted octanol–water partition coefficient (Wildman–Crippen LogP) is 6.56. The molecule has 5 fully saturated rings. The van der Waals surface area contributed by atoms with E-state index in [2.05, 4.69) is 21.3 Å². The number of nitrogens with two attached hydrogens (primary N) is 1. The number of carbonyl (C=O) groups is 7. The van der Waals surface area contributed by atoms with Crippen molar-refractivity contribution >= 4 is 41.4 Å². The Morgan fingerprint density at radius 2 is 1.17 bits per heavy atom. The lowest BCUT2D eigenvalue weighted by Gasteiger charge is -2.37. The van der Waals surface area contributed by atoms with E-state index in [1.807, 2.05) is 60.7 Å². The van der Waals surface area contributed by atoms with Crippen LogP contribution < -0.4 is 27.0 Å². The number of likely N-dealkylation sites (N-methyl/N-ethyl adjacent to an activating group) is 1. The van der Waals surface area contributed by atoms with E-state index in [1.165, 1.54) is 4.90 Å². The maximum atomic E-state index is 15.7. The number of likely N-dealkylation sites (tertiary alicyclic amines) is 2. The van der Waals surface area contributed by atoms with E-state index in [0.29, 0.717) is 36.9 Å². The van der Waals surface area contributed by atoms with Gasteiger partial charge < -0.3 is 46.6 Å². The van der Waals surface area contributed by atoms with Crippen LogP contribution in [0.1, 0.15) is 122 Å². The van der Waals surface area contributed by atoms with Gasteiger partial charge in [-0.2, -0.15) is 0 Å². The zero-order valence-electron chi connectivity index (χ0n) is 48.1. The van der Waals surface area contributed by atoms with Crippen molar-refractivity contribution in [3.05, 3.63) is 131 Å². The van der Waals surface area contributed by atoms with Gasteiger partial charge in [0, 0.05) is 43.6 Å². The predicted molar refractivity (Wildman–Crippen MR) is 314 cm³/mol. The van der Waals surface area contributed by atoms with Crippen molar-refractivity contribution in [1.29, 1.82) is 0 Å². The molecule has 0 aromatic heterocycles. The molecule has 83 heavy (non-hydrogen) atoms. The fraction of sp³-hybridized carbons (Fsp3) is 0.523. The topological polar surface area (TPSA) is 207 Å². The summed E-state index contributed by atoms with van der Waals surface area (Å²) in [7, 11) is 1.68. The van der Waals surface area contributed by atoms with E-state index in [1.54, 1.807) is 77.2 Å². The number of hydrogen-bond acceptors (Lipinski definition) is 9. The smallest absolute Gasteiger partial charge is 0.251 e. The van der Waals surface area contributed by atoms with Gasteiger partial charge in [0.2, 0.25) is 29.5 Å². The third-order valence-corrected chi connectivity index (χ3v) is 18.3. The fourth-order valence-corrected chi connectivity index (χ4v) is 13.2. The molecule has 5 aliphatic rings. The van der Waals surface area contributed by atoms with E-state index >= 15 is 8.78 Å². The molecular formula is C65H83F2N9O7. The average Bonchev–Trinajstić information content (AvgIpc) is 1.75. The minimum Gasteiger partial charge on any atom is -0.343 e. The van der Waals surface area contributed by atoms with Crippen LogP contribution in [-0.4, -0.2) is 162 Å². The fourth-order valence-electron chi connectivity index (χ4n) is 13.2. The van der Waals surface area contributed by atoms with Gasteiger partial charge in [0.15, 0.2) is 0 Å². The number of nitrogens with one attached hydrogen (secondary N) is 4. The lowest BCUT2D eigenvalue weighted by atomic mass is 9.83. The van der Waals surface area contributed by atoms with Crippen molar-refractivity contribution < 1.29 is 42.3 Å². The minimum absolute atomic E-state index is 0.0550. The van der Waals surface area contributed by atoms with Crippen molar-refractivity contribution in [2.45, 2.75) is 151 Å². The van der Waals surface area contributed by atoms with E-state index in [-0.39, 0.29) is 93.5 Å². The Morgan fingerprint density at radius 1 is 0.639 bits per heavy atom. The van der Waals surface area contributed by atoms with Crippen molar-refractivity contribution in [2.75, 3.05) is 52.9 Å². The first-order valence-electron chi connectivity index (χ1n) is 30.2. The number of hydrogen-bond donors (Lipinski definition) is 5. The second-order valence-electron chi connectivity index (χ2n) is 23.8. The zero-order valence-corrected chi connectivity index (χ0v) is 48.1. The molecule has 18 heteroatoms. The normalized spacial score (nSPS) is 22.8. The van der Waals surface area contributed by atoms with Crippen LogP contribution in [0, 0.1) is 11.8 Å². The highest BCUT2D eigenvalue weighted by atomic mass is 19.1. The molecule has 0 radical (unpaired) electrons. The number of benzene rings is 4. The monoisotopic (exact) mass is 1140 g/mol. The Kier molecular flexibility index (Phi) is 20.4. The summed E-state index contributed by atoms with van der Waals surface area (Å²) in [4.78, 5) is 104. The first-order chi connectivity index (χ1) is 40.1. The Balaban J connectivity index is 0.806. The molecule has 2 heterocycles. The summed E-state index contributed by atoms with van der Waals surface area (Å²) >= 11 is 0. The molecule has 3 aliphatic carbocycles. The molecular weight excluding hydrogens is 1060 g/mol. The molecule has 4 aromatic carbocycles. The van der Waals surface area contributed by atoms with Gasteiger partial charge in [-0.3, -0.25) is 33.6 Å². The van der Waals surface area contributed by atoms with Gasteiger partial charge in [-0.05, 0) is 117 Å². The van der Waals surface area contributed by atoms with Gasteiger partial charge in [0.25, 0.3) is 11.8 Å². The van der Waals surface area contributed by atoms with Gasteiger partial charge in [0.1, 0.15) is 18.4 Å². The third kappa shape index (κ3) is 15.0. The van der Waals surface area contributed by atoms with Crippen LogP contribution in [0.25, 0.3) is 11.1 Å². The SMILES string of the molecule is CN[C@@H](C)C(=O)N[C@H](C(=O)N1C[C@H](F)CC12CC2N(CCc1ccccc1)C(=O)CNC(=O)c1ccc(-c2ccc(C(=O)NCC(=O)N(CCc3ccccc3)C[C@@H]3C[C@@H](F)CN3C(=O)[C@@H](N)C3CCCCC3)cc2)cc1)C1CCCCC1. The molecule has 1 spiro atoms. The van der Waals surface area contributed by atoms with E-state index in [0.717, 1.165) is 86.5 Å². The highest BCUT2D eigenvalue weighted by molar-refractivity contribution is 5.98. The summed E-state index contributed by atoms with van der Waals surface area (Å²) < 4.78 is 30.8. The molecule has 0 bridgehead atoms. The molecule has 16 nitrogen and oxygen atoms in total. The van der Waals surface area contributed by atoms with Gasteiger partial charge >= 0.3 is 0 Å². The maximum absolute atomic E-state index is 15.7. The van der Waals surface area contributed by atoms with Crippen LogP contribution >= 0.6 is 0 Å². The molecule has 2 saturated heterocycles. The van der Waals surface area contributed by atoms with E-state index < -0.39 is 59.9 Å². The molecule has 2 unspecified atom stereocenters. The van der Waals surface area contributed by atoms with Crippen LogP contribution in [0.2, 0.25) is 0 Å². The molecule has 3 saturated carbocycles. The summed E-state index contributed by atoms with van der Waals surface area (Å²) in [6.07, 6.45) is 8.48. The van der Waals surface area contributed by atoms with Crippen molar-refractivity contribution in [3.63, 3.8) is 0 Å². The third-order valence-electron chi connectivity index (χ3n) is 18.3. The lowest BCUT2D eigenvalue weighted by molar-refractivity contribution is -0.141. The Bertz CT molecular complexity index is 2870. The quantitative estimate of drug-likeness (QED) is 0.0545. The second-order valence-corrected chi connectivity index (χ2v) is 23.8. The largest absolute Gasteiger partial charge is 0.343 e. The Labute approximate surface area is 487 Å². The lowest BCUT2D eigenvalue weighted by Crippen LogP contribution is -2.58. The highest BCUT2D eigenvalue weighted by Crippen LogP contribution is 2.54. The summed E-state index contributed by atoms with van der Waals surface area (Å²) in [5.74, 6) is -2.54. The number of carbonyl (C=O) groups excluding carboxylic acids is 7. The zero-order chi connectivity index (χ0) is 58.6. The Morgan fingerprint density at radius 3 is 1.72 bits per heavy atom. The summed E-state index contributed by atoms with van der Waals surface area (Å²) in [6.45, 7) is 1.63. The average molecular weight is 1140 g/mol. The van der Waals surface area contributed by atoms with Crippen LogP contribution in [0.5, 0.6) is 0 Å². The molecule has 9 rings (SSSR count). The Hall–Kier alpha value is -7.05. The molecule has 6 N–H and O–H groups in total. The molecule has 8 atom stereocenters. The highest BCUT2D eigenvalue weighted by Gasteiger charge is 2.67. The summed E-state index contributed by atoms with van der Waals surface area (Å²) in [5, 5.41) is 11.5. The van der Waals surface area contributed by atoms with Gasteiger partial charge in [0.05, 0.1) is 55.9 Å². The standard InChI is InChI=1S/C65H83F2N9O7/c1-43(69-2)60(79)72-59(49-21-13-6-14-22-49)64(83)76-41-53(67)36-65(76)37-55(65)74(34-32-45-17-9-4-10-18-45)57(78)39-71-62(81)51-29-25-47(26-30-51)46-23-27-50(28-24-46)61(80)70-38-56(77)73(33-31-44-15-7-3-8-16-44)42-54-35-52(66)40-75(54)63(82)58(68)48-19-11-5-12-20-48/h3-4,7-10,15-18,23-30,43,48-49,52-55,58-59,69H,5-6,11-14,19-22,31-42,68H2,1-2H3,(H,70,80)(H,71,81)(H,72,79)/t43-,52+,53+,54-,55?,58-,59-,65?/m0/s1. The number of alkyl halides is 2. The van der Waals surface area contributed by atoms with Crippen LogP contribution in [-0.2, 0) is 36.8 Å². The van der Waals surface area contributed by atoms with Crippen molar-refractivity contribution in [1.82, 2.24) is 40.9 Å². The first-order valence-corrected chi connectivity index (χ1v) is 30.2. The van der Waals surface area contributed by atoms with Crippen LogP contribution in [0.15, 0.2) is 109 Å². The molecule has 7 amide bonds. The van der Waals surface area contributed by atoms with E-state index in [9.17, 15) is 33.6 Å². The minimum atomic E-state index is -1.30. The number of halogens is 2. The number of nitrogens with zero attached hydrogens (tertiary/aromatic N) is 4. The van der Waals surface area contributed by atoms with Crippen LogP contribution in [0.3, 0.4) is 0 Å². The molecule has 444 valence electrons. The summed E-state index contributed by atoms with van der Waals surface area (Å²) in [5.41, 5.74) is 9.76.